The molecule has 0 aliphatic carbocycles. The van der Waals surface area contributed by atoms with E-state index in [4.69, 9.17) is 4.74 Å². The molecule has 1 aliphatic rings. The summed E-state index contributed by atoms with van der Waals surface area (Å²) in [6.45, 7) is 1.83. The van der Waals surface area contributed by atoms with E-state index in [9.17, 15) is 19.1 Å². The van der Waals surface area contributed by atoms with Crippen molar-refractivity contribution < 1.29 is 23.8 Å². The van der Waals surface area contributed by atoms with Gasteiger partial charge in [0.05, 0.1) is 12.2 Å². The summed E-state index contributed by atoms with van der Waals surface area (Å²) in [5.41, 5.74) is 0.835. The Morgan fingerprint density at radius 3 is 2.80 bits per heavy atom. The number of carbonyl (C=O) groups excluding carboxylic acids is 1. The fraction of sp³-hybridized carbons (Fsp3) is 0.278. The first-order chi connectivity index (χ1) is 14.3. The first kappa shape index (κ1) is 22.1. The predicted octanol–water partition coefficient (Wildman–Crippen LogP) is 2.57. The van der Waals surface area contributed by atoms with Crippen molar-refractivity contribution in [2.24, 2.45) is 4.99 Å². The van der Waals surface area contributed by atoms with Gasteiger partial charge in [-0.05, 0) is 24.6 Å². The van der Waals surface area contributed by atoms with Gasteiger partial charge in [0.25, 0.3) is 0 Å². The van der Waals surface area contributed by atoms with Gasteiger partial charge in [0.2, 0.25) is 5.82 Å². The van der Waals surface area contributed by atoms with E-state index < -0.39 is 23.8 Å². The molecular weight excluding hydrogens is 529 g/mol. The Balaban J connectivity index is 2.01. The summed E-state index contributed by atoms with van der Waals surface area (Å²) < 4.78 is 20.1. The summed E-state index contributed by atoms with van der Waals surface area (Å²) in [6.07, 6.45) is 1.35. The normalized spacial score (nSPS) is 16.1. The van der Waals surface area contributed by atoms with E-state index in [0.29, 0.717) is 15.7 Å². The topological polar surface area (TPSA) is 119 Å². The molecule has 2 heterocycles. The Hall–Kier alpha value is -2.60. The number of benzene rings is 1. The largest absolute Gasteiger partial charge is 0.478 e. The van der Waals surface area contributed by atoms with Crippen molar-refractivity contribution in [3.8, 4) is 0 Å². The lowest BCUT2D eigenvalue weighted by Gasteiger charge is -2.25. The van der Waals surface area contributed by atoms with Gasteiger partial charge < -0.3 is 15.2 Å². The fourth-order valence-electron chi connectivity index (χ4n) is 2.83. The lowest BCUT2D eigenvalue weighted by atomic mass is 9.96. The molecule has 1 unspecified atom stereocenters. The molecule has 30 heavy (non-hydrogen) atoms. The molecule has 0 amide bonds. The molecule has 1 atom stereocenters. The highest BCUT2D eigenvalue weighted by atomic mass is 79.9. The zero-order valence-electron chi connectivity index (χ0n) is 15.6. The maximum Gasteiger partial charge on any atom is 0.335 e. The highest BCUT2D eigenvalue weighted by Crippen LogP contribution is 2.36. The number of amidine groups is 1. The average molecular weight is 545 g/mol. The van der Waals surface area contributed by atoms with Crippen molar-refractivity contribution in [2.45, 2.75) is 19.5 Å². The van der Waals surface area contributed by atoms with E-state index in [1.165, 1.54) is 29.2 Å². The number of hydrogen-bond donors (Lipinski definition) is 2. The number of alkyl halides is 1. The standard InChI is InChI=1S/C18H16Br2FN5O4/c1-2-30-13(27)7-26-8-22-16(25-26)17-23-12(6-19)14(18(28)29)15(24-17)10-4-3-9(21)5-11(10)20/h3-5,8,15H,2,6-7H2,1H3,(H,23,24)(H,28,29). The molecule has 2 aromatic rings. The molecule has 1 aliphatic heterocycles. The van der Waals surface area contributed by atoms with Crippen molar-refractivity contribution in [1.29, 1.82) is 0 Å². The first-order valence-electron chi connectivity index (χ1n) is 8.71. The molecule has 0 radical (unpaired) electrons. The third kappa shape index (κ3) is 4.75. The summed E-state index contributed by atoms with van der Waals surface area (Å²) in [5.74, 6) is -1.70. The molecule has 12 heteroatoms. The smallest absolute Gasteiger partial charge is 0.335 e. The number of aliphatic imine (C=N–C) groups is 1. The van der Waals surface area contributed by atoms with Gasteiger partial charge in [-0.2, -0.15) is 0 Å². The number of rotatable bonds is 7. The van der Waals surface area contributed by atoms with Gasteiger partial charge >= 0.3 is 11.9 Å². The highest BCUT2D eigenvalue weighted by Gasteiger charge is 2.33. The molecule has 0 spiro atoms. The number of esters is 1. The Morgan fingerprint density at radius 1 is 1.40 bits per heavy atom. The van der Waals surface area contributed by atoms with Crippen LogP contribution < -0.4 is 5.32 Å². The molecule has 1 aromatic heterocycles. The van der Waals surface area contributed by atoms with Crippen LogP contribution in [0.15, 0.2) is 45.3 Å². The third-order valence-electron chi connectivity index (χ3n) is 4.09. The van der Waals surface area contributed by atoms with Crippen molar-refractivity contribution in [1.82, 2.24) is 20.1 Å². The van der Waals surface area contributed by atoms with E-state index in [1.807, 2.05) is 0 Å². The number of carboxylic acids is 1. The molecule has 0 saturated heterocycles. The number of aliphatic carboxylic acids is 1. The minimum Gasteiger partial charge on any atom is -0.478 e. The van der Waals surface area contributed by atoms with Crippen LogP contribution in [0.1, 0.15) is 24.4 Å². The SMILES string of the molecule is CCOC(=O)Cn1cnc(C2=NC(c3ccc(F)cc3Br)C(C(=O)O)=C(CBr)N2)n1. The van der Waals surface area contributed by atoms with Crippen molar-refractivity contribution in [3.05, 3.63) is 57.5 Å². The summed E-state index contributed by atoms with van der Waals surface area (Å²) in [6, 6.07) is 3.01. The molecule has 0 fully saturated rings. The van der Waals surface area contributed by atoms with Crippen molar-refractivity contribution >= 4 is 49.6 Å². The van der Waals surface area contributed by atoms with Crippen LogP contribution in [0.2, 0.25) is 0 Å². The van der Waals surface area contributed by atoms with Gasteiger partial charge in [-0.15, -0.1) is 5.10 Å². The van der Waals surface area contributed by atoms with Crippen LogP contribution in [0.5, 0.6) is 0 Å². The van der Waals surface area contributed by atoms with Crippen LogP contribution in [-0.4, -0.2) is 49.6 Å². The number of aromatic nitrogens is 3. The van der Waals surface area contributed by atoms with Crippen LogP contribution in [0.25, 0.3) is 0 Å². The lowest BCUT2D eigenvalue weighted by Crippen LogP contribution is -2.35. The average Bonchev–Trinajstić information content (AvgIpc) is 3.15. The maximum atomic E-state index is 13.5. The Kier molecular flexibility index (Phi) is 6.98. The number of hydrogen-bond acceptors (Lipinski definition) is 7. The zero-order valence-corrected chi connectivity index (χ0v) is 18.8. The number of nitrogens with zero attached hydrogens (tertiary/aromatic N) is 4. The molecule has 158 valence electrons. The predicted molar refractivity (Wildman–Crippen MR) is 112 cm³/mol. The van der Waals surface area contributed by atoms with Gasteiger partial charge in [-0.3, -0.25) is 9.79 Å². The van der Waals surface area contributed by atoms with Crippen LogP contribution >= 0.6 is 31.9 Å². The Labute approximate surface area is 187 Å². The fourth-order valence-corrected chi connectivity index (χ4v) is 3.84. The Morgan fingerprint density at radius 2 is 2.17 bits per heavy atom. The number of ether oxygens (including phenoxy) is 1. The summed E-state index contributed by atoms with van der Waals surface area (Å²) in [4.78, 5) is 32.2. The van der Waals surface area contributed by atoms with Gasteiger partial charge in [0.1, 0.15) is 24.7 Å². The molecule has 2 N–H and O–H groups in total. The molecular formula is C18H16Br2FN5O4. The van der Waals surface area contributed by atoms with Crippen LogP contribution in [0.4, 0.5) is 4.39 Å². The Bertz CT molecular complexity index is 1050. The lowest BCUT2D eigenvalue weighted by molar-refractivity contribution is -0.144. The van der Waals surface area contributed by atoms with Gasteiger partial charge in [-0.1, -0.05) is 37.9 Å². The van der Waals surface area contributed by atoms with Gasteiger partial charge in [-0.25, -0.2) is 18.9 Å². The van der Waals surface area contributed by atoms with E-state index in [2.05, 4.69) is 52.3 Å². The molecule has 0 bridgehead atoms. The van der Waals surface area contributed by atoms with E-state index in [1.54, 1.807) is 6.92 Å². The second kappa shape index (κ2) is 9.47. The second-order valence-corrected chi connectivity index (χ2v) is 7.49. The highest BCUT2D eigenvalue weighted by molar-refractivity contribution is 9.10. The van der Waals surface area contributed by atoms with E-state index in [-0.39, 0.29) is 35.7 Å². The van der Waals surface area contributed by atoms with Crippen LogP contribution in [0.3, 0.4) is 0 Å². The van der Waals surface area contributed by atoms with Crippen LogP contribution in [-0.2, 0) is 20.9 Å². The monoisotopic (exact) mass is 543 g/mol. The van der Waals surface area contributed by atoms with E-state index >= 15 is 0 Å². The van der Waals surface area contributed by atoms with Gasteiger partial charge in [0, 0.05) is 15.5 Å². The zero-order chi connectivity index (χ0) is 21.8. The number of allylic oxidation sites excluding steroid dienone is 1. The van der Waals surface area contributed by atoms with Crippen LogP contribution in [0, 0.1) is 5.82 Å². The summed E-state index contributed by atoms with van der Waals surface area (Å²) >= 11 is 6.57. The van der Waals surface area contributed by atoms with Crippen molar-refractivity contribution in [2.75, 3.05) is 11.9 Å². The minimum atomic E-state index is -1.17. The first-order valence-corrected chi connectivity index (χ1v) is 10.6. The van der Waals surface area contributed by atoms with Gasteiger partial charge in [0.15, 0.2) is 5.84 Å². The second-order valence-electron chi connectivity index (χ2n) is 6.07. The number of carbonyl (C=O) groups is 2. The number of halogens is 3. The summed E-state index contributed by atoms with van der Waals surface area (Å²) in [7, 11) is 0. The third-order valence-corrected chi connectivity index (χ3v) is 5.34. The molecule has 0 saturated carbocycles. The molecule has 9 nitrogen and oxygen atoms in total. The molecule has 1 aromatic carbocycles. The van der Waals surface area contributed by atoms with E-state index in [0.717, 1.165) is 0 Å². The minimum absolute atomic E-state index is 0.00823. The maximum absolute atomic E-state index is 13.5. The quantitative estimate of drug-likeness (QED) is 0.406. The number of carboxylic acid groups (broad SMARTS) is 1. The summed E-state index contributed by atoms with van der Waals surface area (Å²) in [5, 5.41) is 17.1. The number of nitrogens with one attached hydrogen (secondary N) is 1. The molecule has 3 rings (SSSR count). The van der Waals surface area contributed by atoms with Crippen molar-refractivity contribution in [3.63, 3.8) is 0 Å².